The van der Waals surface area contributed by atoms with E-state index in [-0.39, 0.29) is 5.41 Å². The second-order valence-electron chi connectivity index (χ2n) is 19.2. The van der Waals surface area contributed by atoms with Crippen LogP contribution in [0.3, 0.4) is 0 Å². The molecule has 4 aromatic rings. The lowest BCUT2D eigenvalue weighted by atomic mass is 9.65. The van der Waals surface area contributed by atoms with Gasteiger partial charge in [0.05, 0.1) is 0 Å². The number of hydrogen-bond donors (Lipinski definition) is 2. The molecule has 328 valence electrons. The molecule has 60 heavy (non-hydrogen) atoms. The summed E-state index contributed by atoms with van der Waals surface area (Å²) in [5.41, 5.74) is 25.8. The van der Waals surface area contributed by atoms with Crippen molar-refractivity contribution in [3.05, 3.63) is 129 Å². The van der Waals surface area contributed by atoms with Crippen molar-refractivity contribution >= 4 is 11.4 Å². The average Bonchev–Trinajstić information content (AvgIpc) is 3.26. The zero-order valence-electron chi connectivity index (χ0n) is 39.0. The maximum Gasteiger partial charge on any atom is 0.0316 e. The molecule has 0 heterocycles. The normalized spacial score (nSPS) is 14.9. The lowest BCUT2D eigenvalue weighted by molar-refractivity contribution is 0.346. The third-order valence-electron chi connectivity index (χ3n) is 14.5. The van der Waals surface area contributed by atoms with Crippen molar-refractivity contribution < 1.29 is 0 Å². The van der Waals surface area contributed by atoms with Gasteiger partial charge in [0.25, 0.3) is 0 Å². The zero-order valence-corrected chi connectivity index (χ0v) is 39.0. The Bertz CT molecular complexity index is 1640. The highest BCUT2D eigenvalue weighted by atomic mass is 14.5. The Morgan fingerprint density at radius 1 is 0.417 bits per heavy atom. The first-order valence-corrected chi connectivity index (χ1v) is 25.3. The summed E-state index contributed by atoms with van der Waals surface area (Å²) in [6, 6.07) is 33.2. The van der Waals surface area contributed by atoms with Crippen LogP contribution in [-0.4, -0.2) is 0 Å². The lowest BCUT2D eigenvalue weighted by Crippen LogP contribution is -2.30. The maximum absolute atomic E-state index is 6.26. The fraction of sp³-hybridized carbons (Fsp3) is 0.586. The molecule has 2 nitrogen and oxygen atoms in total. The lowest BCUT2D eigenvalue weighted by Gasteiger charge is -2.39. The number of anilines is 2. The van der Waals surface area contributed by atoms with Crippen LogP contribution in [-0.2, 0) is 5.41 Å². The van der Waals surface area contributed by atoms with E-state index in [2.05, 4.69) is 113 Å². The van der Waals surface area contributed by atoms with E-state index in [0.717, 1.165) is 11.4 Å². The van der Waals surface area contributed by atoms with Gasteiger partial charge in [-0.25, -0.2) is 0 Å². The van der Waals surface area contributed by atoms with Gasteiger partial charge in [0.1, 0.15) is 0 Å². The van der Waals surface area contributed by atoms with Gasteiger partial charge in [0, 0.05) is 28.6 Å². The first kappa shape index (κ1) is 47.5. The van der Waals surface area contributed by atoms with Crippen LogP contribution in [0.2, 0.25) is 0 Å². The van der Waals surface area contributed by atoms with Gasteiger partial charge < -0.3 is 11.5 Å². The second kappa shape index (κ2) is 26.1. The quantitative estimate of drug-likeness (QED) is 0.0443. The molecule has 1 aliphatic carbocycles. The van der Waals surface area contributed by atoms with Crippen molar-refractivity contribution in [1.82, 2.24) is 0 Å². The van der Waals surface area contributed by atoms with E-state index in [1.54, 1.807) is 0 Å². The third kappa shape index (κ3) is 14.3. The van der Waals surface area contributed by atoms with Gasteiger partial charge in [-0.1, -0.05) is 222 Å². The Labute approximate surface area is 369 Å². The molecule has 0 amide bonds. The Balaban J connectivity index is 1.29. The summed E-state index contributed by atoms with van der Waals surface area (Å²) in [5.74, 6) is 0.805. The minimum Gasteiger partial charge on any atom is -0.399 e. The van der Waals surface area contributed by atoms with Gasteiger partial charge in [-0.05, 0) is 108 Å². The van der Waals surface area contributed by atoms with Crippen LogP contribution in [0, 0.1) is 13.8 Å². The first-order chi connectivity index (χ1) is 29.4. The highest BCUT2D eigenvalue weighted by Gasteiger charge is 2.36. The molecule has 0 aliphatic heterocycles. The topological polar surface area (TPSA) is 52.0 Å². The van der Waals surface area contributed by atoms with Crippen molar-refractivity contribution in [2.45, 2.75) is 218 Å². The standard InChI is InChI=1S/C58H86N2/c1-5-7-9-11-13-15-17-19-21-24-28-56(54-40-38-52(59)44-46(54)3)48-30-34-50(35-31-48)58(42-26-23-27-43-58)51-36-32-49(33-37-51)57(55-41-39-53(60)45-47(55)4)29-25-22-20-18-16-14-12-10-8-6-2/h30-41,44-45,56-57H,5-29,42-43,59-60H2,1-4H3. The van der Waals surface area contributed by atoms with Gasteiger partial charge in [0.2, 0.25) is 0 Å². The summed E-state index contributed by atoms with van der Waals surface area (Å²) < 4.78 is 0. The van der Waals surface area contributed by atoms with Crippen LogP contribution >= 0.6 is 0 Å². The number of unbranched alkanes of at least 4 members (excludes halogenated alkanes) is 18. The van der Waals surface area contributed by atoms with Gasteiger partial charge in [-0.2, -0.15) is 0 Å². The molecule has 2 atom stereocenters. The minimum atomic E-state index is 0.0710. The summed E-state index contributed by atoms with van der Waals surface area (Å²) in [7, 11) is 0. The summed E-state index contributed by atoms with van der Waals surface area (Å²) in [6.45, 7) is 9.12. The van der Waals surface area contributed by atoms with E-state index >= 15 is 0 Å². The van der Waals surface area contributed by atoms with Crippen LogP contribution in [0.25, 0.3) is 0 Å². The molecule has 0 saturated heterocycles. The molecular weight excluding hydrogens is 725 g/mol. The largest absolute Gasteiger partial charge is 0.399 e. The molecule has 1 fully saturated rings. The number of nitrogen functional groups attached to an aromatic ring is 2. The van der Waals surface area contributed by atoms with Crippen molar-refractivity contribution in [2.75, 3.05) is 11.5 Å². The molecular formula is C58H86N2. The number of nitrogens with two attached hydrogens (primary N) is 2. The Kier molecular flexibility index (Phi) is 20.6. The number of aryl methyl sites for hydroxylation is 2. The summed E-state index contributed by atoms with van der Waals surface area (Å²) >= 11 is 0. The predicted molar refractivity (Wildman–Crippen MR) is 265 cm³/mol. The van der Waals surface area contributed by atoms with Crippen molar-refractivity contribution in [3.8, 4) is 0 Å². The van der Waals surface area contributed by atoms with Crippen LogP contribution in [0.4, 0.5) is 11.4 Å². The predicted octanol–water partition coefficient (Wildman–Crippen LogP) is 17.6. The van der Waals surface area contributed by atoms with E-state index in [1.165, 1.54) is 218 Å². The zero-order chi connectivity index (χ0) is 42.4. The fourth-order valence-corrected chi connectivity index (χ4v) is 10.8. The number of hydrogen-bond acceptors (Lipinski definition) is 2. The molecule has 0 bridgehead atoms. The first-order valence-electron chi connectivity index (χ1n) is 25.3. The molecule has 5 rings (SSSR count). The fourth-order valence-electron chi connectivity index (χ4n) is 10.8. The Hall–Kier alpha value is -3.52. The molecule has 2 unspecified atom stereocenters. The van der Waals surface area contributed by atoms with Crippen molar-refractivity contribution in [2.24, 2.45) is 0 Å². The molecule has 0 aromatic heterocycles. The molecule has 4 aromatic carbocycles. The molecule has 4 N–H and O–H groups in total. The van der Waals surface area contributed by atoms with E-state index in [0.29, 0.717) is 11.8 Å². The van der Waals surface area contributed by atoms with Crippen LogP contribution in [0.1, 0.15) is 244 Å². The van der Waals surface area contributed by atoms with Gasteiger partial charge in [-0.15, -0.1) is 0 Å². The number of benzene rings is 4. The highest BCUT2D eigenvalue weighted by Crippen LogP contribution is 2.46. The average molecular weight is 811 g/mol. The van der Waals surface area contributed by atoms with Gasteiger partial charge >= 0.3 is 0 Å². The summed E-state index contributed by atoms with van der Waals surface area (Å²) in [6.07, 6.45) is 36.2. The molecule has 1 aliphatic rings. The monoisotopic (exact) mass is 811 g/mol. The molecule has 0 spiro atoms. The Morgan fingerprint density at radius 2 is 0.750 bits per heavy atom. The smallest absolute Gasteiger partial charge is 0.0316 e. The van der Waals surface area contributed by atoms with E-state index in [4.69, 9.17) is 11.5 Å². The minimum absolute atomic E-state index is 0.0710. The van der Waals surface area contributed by atoms with Crippen LogP contribution in [0.15, 0.2) is 84.9 Å². The van der Waals surface area contributed by atoms with Gasteiger partial charge in [0.15, 0.2) is 0 Å². The molecule has 0 radical (unpaired) electrons. The maximum atomic E-state index is 6.26. The number of rotatable bonds is 28. The van der Waals surface area contributed by atoms with Gasteiger partial charge in [-0.3, -0.25) is 0 Å². The Morgan fingerprint density at radius 3 is 1.08 bits per heavy atom. The van der Waals surface area contributed by atoms with E-state index in [1.807, 2.05) is 0 Å². The van der Waals surface area contributed by atoms with Crippen LogP contribution in [0.5, 0.6) is 0 Å². The SMILES string of the molecule is CCCCCCCCCCCCC(c1ccc(C2(c3ccc(C(CCCCCCCCCCCC)c4ccc(N)cc4C)cc3)CCCCC2)cc1)c1ccc(N)cc1C. The van der Waals surface area contributed by atoms with Crippen LogP contribution < -0.4 is 11.5 Å². The molecule has 2 heteroatoms. The van der Waals surface area contributed by atoms with Crippen molar-refractivity contribution in [3.63, 3.8) is 0 Å². The third-order valence-corrected chi connectivity index (χ3v) is 14.5. The second-order valence-corrected chi connectivity index (χ2v) is 19.2. The van der Waals surface area contributed by atoms with Crippen molar-refractivity contribution in [1.29, 1.82) is 0 Å². The van der Waals surface area contributed by atoms with E-state index < -0.39 is 0 Å². The highest BCUT2D eigenvalue weighted by molar-refractivity contribution is 5.51. The van der Waals surface area contributed by atoms with E-state index in [9.17, 15) is 0 Å². The summed E-state index contributed by atoms with van der Waals surface area (Å²) in [5, 5.41) is 0. The summed E-state index contributed by atoms with van der Waals surface area (Å²) in [4.78, 5) is 0. The molecule has 1 saturated carbocycles.